The maximum atomic E-state index is 5.81. The van der Waals surface area contributed by atoms with Crippen molar-refractivity contribution in [1.29, 1.82) is 0 Å². The first-order chi connectivity index (χ1) is 17.2. The standard InChI is InChI=1S/C32H34O2S/c1-4-7-9-11-13-30-25-28(32(6-3)35-30)18-21-31-27(22-24-34-31)17-14-26-15-19-29(20-16-26)33-23-12-10-8-5-2/h3,15-16,19-20,22,24-25H,4-5,7-13,23H2,1-2H3. The van der Waals surface area contributed by atoms with Crippen LogP contribution in [0.1, 0.15) is 97.4 Å². The maximum Gasteiger partial charge on any atom is 0.192 e. The molecule has 0 aliphatic rings. The molecule has 0 aliphatic carbocycles. The van der Waals surface area contributed by atoms with Crippen molar-refractivity contribution in [2.24, 2.45) is 0 Å². The van der Waals surface area contributed by atoms with E-state index in [1.165, 1.54) is 49.8 Å². The lowest BCUT2D eigenvalue weighted by atomic mass is 10.1. The first-order valence-corrected chi connectivity index (χ1v) is 13.5. The SMILES string of the molecule is C#Cc1sc(CCCCCC)cc1C#Cc1occc1C#Cc1ccc(OCCCCCC)cc1. The molecule has 0 unspecified atom stereocenters. The molecule has 0 saturated carbocycles. The van der Waals surface area contributed by atoms with Crippen LogP contribution in [0.5, 0.6) is 5.75 Å². The van der Waals surface area contributed by atoms with Crippen LogP contribution in [0.2, 0.25) is 0 Å². The topological polar surface area (TPSA) is 22.4 Å². The normalized spacial score (nSPS) is 10.1. The summed E-state index contributed by atoms with van der Waals surface area (Å²) < 4.78 is 11.4. The van der Waals surface area contributed by atoms with Crippen LogP contribution in [0.4, 0.5) is 0 Å². The van der Waals surface area contributed by atoms with E-state index >= 15 is 0 Å². The largest absolute Gasteiger partial charge is 0.494 e. The number of thiophene rings is 1. The second kappa shape index (κ2) is 14.8. The Morgan fingerprint density at radius 3 is 2.31 bits per heavy atom. The van der Waals surface area contributed by atoms with Gasteiger partial charge < -0.3 is 9.15 Å². The van der Waals surface area contributed by atoms with Crippen LogP contribution in [0.25, 0.3) is 0 Å². The van der Waals surface area contributed by atoms with Crippen molar-refractivity contribution in [3.63, 3.8) is 0 Å². The van der Waals surface area contributed by atoms with Crippen molar-refractivity contribution in [1.82, 2.24) is 0 Å². The minimum Gasteiger partial charge on any atom is -0.494 e. The molecule has 3 aromatic rings. The molecule has 0 fully saturated rings. The van der Waals surface area contributed by atoms with Gasteiger partial charge in [-0.25, -0.2) is 0 Å². The molecule has 35 heavy (non-hydrogen) atoms. The van der Waals surface area contributed by atoms with E-state index in [0.717, 1.165) is 46.8 Å². The number of hydrogen-bond acceptors (Lipinski definition) is 3. The average molecular weight is 483 g/mol. The molecule has 2 nitrogen and oxygen atoms in total. The van der Waals surface area contributed by atoms with Crippen molar-refractivity contribution >= 4 is 11.3 Å². The Hall–Kier alpha value is -3.32. The number of rotatable bonds is 11. The Morgan fingerprint density at radius 2 is 1.57 bits per heavy atom. The van der Waals surface area contributed by atoms with Crippen molar-refractivity contribution < 1.29 is 9.15 Å². The molecule has 180 valence electrons. The highest BCUT2D eigenvalue weighted by molar-refractivity contribution is 7.12. The van der Waals surface area contributed by atoms with Gasteiger partial charge in [0.25, 0.3) is 0 Å². The molecule has 2 heterocycles. The van der Waals surface area contributed by atoms with E-state index in [-0.39, 0.29) is 0 Å². The summed E-state index contributed by atoms with van der Waals surface area (Å²) in [7, 11) is 0. The van der Waals surface area contributed by atoms with Crippen LogP contribution in [0.15, 0.2) is 47.1 Å². The maximum absolute atomic E-state index is 5.81. The highest BCUT2D eigenvalue weighted by Gasteiger charge is 2.06. The highest BCUT2D eigenvalue weighted by Crippen LogP contribution is 2.23. The number of ether oxygens (including phenoxy) is 1. The fourth-order valence-corrected chi connectivity index (χ4v) is 4.58. The zero-order valence-corrected chi connectivity index (χ0v) is 21.7. The summed E-state index contributed by atoms with van der Waals surface area (Å²) in [5.74, 6) is 16.9. The minimum atomic E-state index is 0.559. The first-order valence-electron chi connectivity index (χ1n) is 12.7. The molecule has 0 amide bonds. The van der Waals surface area contributed by atoms with E-state index in [4.69, 9.17) is 15.6 Å². The van der Waals surface area contributed by atoms with E-state index in [2.05, 4.69) is 49.5 Å². The monoisotopic (exact) mass is 482 g/mol. The van der Waals surface area contributed by atoms with E-state index in [1.54, 1.807) is 17.6 Å². The third-order valence-corrected chi connectivity index (χ3v) is 6.76. The van der Waals surface area contributed by atoms with Gasteiger partial charge in [-0.15, -0.1) is 17.8 Å². The summed E-state index contributed by atoms with van der Waals surface area (Å²) in [5, 5.41) is 0. The molecule has 0 N–H and O–H groups in total. The quantitative estimate of drug-likeness (QED) is 0.203. The molecule has 3 heteroatoms. The van der Waals surface area contributed by atoms with E-state index in [1.807, 2.05) is 30.3 Å². The molecular weight excluding hydrogens is 448 g/mol. The van der Waals surface area contributed by atoms with E-state index in [0.29, 0.717) is 5.76 Å². The third kappa shape index (κ3) is 8.76. The Bertz CT molecular complexity index is 1210. The Morgan fingerprint density at radius 1 is 0.829 bits per heavy atom. The number of benzene rings is 1. The molecular formula is C32H34O2S. The molecule has 0 radical (unpaired) electrons. The molecule has 0 aliphatic heterocycles. The zero-order chi connectivity index (χ0) is 24.7. The van der Waals surface area contributed by atoms with Gasteiger partial charge in [0.15, 0.2) is 5.76 Å². The van der Waals surface area contributed by atoms with Crippen molar-refractivity contribution in [3.05, 3.63) is 74.9 Å². The van der Waals surface area contributed by atoms with Gasteiger partial charge in [0.1, 0.15) is 5.75 Å². The summed E-state index contributed by atoms with van der Waals surface area (Å²) in [6, 6.07) is 11.9. The Kier molecular flexibility index (Phi) is 11.1. The smallest absolute Gasteiger partial charge is 0.192 e. The lowest BCUT2D eigenvalue weighted by Crippen LogP contribution is -1.96. The van der Waals surface area contributed by atoms with Gasteiger partial charge >= 0.3 is 0 Å². The molecule has 2 aromatic heterocycles. The summed E-state index contributed by atoms with van der Waals surface area (Å²) in [6.07, 6.45) is 18.2. The lowest BCUT2D eigenvalue weighted by Gasteiger charge is -2.05. The number of furan rings is 1. The fourth-order valence-electron chi connectivity index (χ4n) is 3.61. The molecule has 0 bridgehead atoms. The van der Waals surface area contributed by atoms with Gasteiger partial charge in [0.05, 0.1) is 28.9 Å². The van der Waals surface area contributed by atoms with Crippen molar-refractivity contribution in [2.75, 3.05) is 6.61 Å². The van der Waals surface area contributed by atoms with Crippen molar-refractivity contribution in [2.45, 2.75) is 71.6 Å². The van der Waals surface area contributed by atoms with Crippen LogP contribution in [0.3, 0.4) is 0 Å². The molecule has 0 spiro atoms. The molecule has 0 saturated heterocycles. The highest BCUT2D eigenvalue weighted by atomic mass is 32.1. The van der Waals surface area contributed by atoms with Gasteiger partial charge in [-0.05, 0) is 61.6 Å². The Labute approximate surface area is 215 Å². The van der Waals surface area contributed by atoms with Gasteiger partial charge in [0.2, 0.25) is 0 Å². The number of terminal acetylenes is 1. The summed E-state index contributed by atoms with van der Waals surface area (Å²) in [4.78, 5) is 2.18. The predicted molar refractivity (Wildman–Crippen MR) is 147 cm³/mol. The van der Waals surface area contributed by atoms with Gasteiger partial charge in [-0.1, -0.05) is 76.1 Å². The van der Waals surface area contributed by atoms with E-state index < -0.39 is 0 Å². The van der Waals surface area contributed by atoms with Crippen LogP contribution >= 0.6 is 11.3 Å². The van der Waals surface area contributed by atoms with Gasteiger partial charge in [0, 0.05) is 10.4 Å². The third-order valence-electron chi connectivity index (χ3n) is 5.63. The number of hydrogen-bond donors (Lipinski definition) is 0. The molecule has 3 rings (SSSR count). The van der Waals surface area contributed by atoms with Crippen LogP contribution in [-0.4, -0.2) is 6.61 Å². The predicted octanol–water partition coefficient (Wildman–Crippen LogP) is 8.20. The second-order valence-electron chi connectivity index (χ2n) is 8.51. The number of aryl methyl sites for hydroxylation is 1. The summed E-state index contributed by atoms with van der Waals surface area (Å²) >= 11 is 1.67. The van der Waals surface area contributed by atoms with Gasteiger partial charge in [-0.2, -0.15) is 0 Å². The lowest BCUT2D eigenvalue weighted by molar-refractivity contribution is 0.305. The van der Waals surface area contributed by atoms with Crippen LogP contribution in [-0.2, 0) is 6.42 Å². The van der Waals surface area contributed by atoms with E-state index in [9.17, 15) is 0 Å². The first kappa shape index (κ1) is 26.3. The second-order valence-corrected chi connectivity index (χ2v) is 9.64. The minimum absolute atomic E-state index is 0.559. The average Bonchev–Trinajstić information content (AvgIpc) is 3.50. The summed E-state index contributed by atoms with van der Waals surface area (Å²) in [5.41, 5.74) is 2.58. The molecule has 1 aromatic carbocycles. The fraction of sp³-hybridized carbons (Fsp3) is 0.375. The van der Waals surface area contributed by atoms with Crippen LogP contribution < -0.4 is 4.74 Å². The van der Waals surface area contributed by atoms with Gasteiger partial charge in [-0.3, -0.25) is 0 Å². The van der Waals surface area contributed by atoms with Crippen LogP contribution in [0, 0.1) is 36.0 Å². The Balaban J connectivity index is 1.62. The zero-order valence-electron chi connectivity index (χ0n) is 20.9. The van der Waals surface area contributed by atoms with Crippen molar-refractivity contribution in [3.8, 4) is 41.8 Å². The molecule has 0 atom stereocenters. The number of unbranched alkanes of at least 4 members (excludes halogenated alkanes) is 6. The summed E-state index contributed by atoms with van der Waals surface area (Å²) in [6.45, 7) is 5.20.